The van der Waals surface area contributed by atoms with Crippen LogP contribution in [0.2, 0.25) is 39.3 Å². The lowest BCUT2D eigenvalue weighted by Gasteiger charge is -2.16. The average molecular weight is 282 g/mol. The molecule has 6 heteroatoms. The molecule has 1 aromatic heterocycles. The zero-order valence-electron chi connectivity index (χ0n) is 12.0. The van der Waals surface area contributed by atoms with E-state index in [0.717, 1.165) is 5.69 Å². The Hall–Kier alpha value is -1.15. The van der Waals surface area contributed by atoms with Crippen LogP contribution in [0.3, 0.4) is 0 Å². The van der Waals surface area contributed by atoms with Crippen molar-refractivity contribution in [2.24, 2.45) is 0 Å². The minimum absolute atomic E-state index is 0.281. The highest BCUT2D eigenvalue weighted by molar-refractivity contribution is 6.74. The number of carbonyl (C=O) groups excluding carboxylic acids is 1. The summed E-state index contributed by atoms with van der Waals surface area (Å²) in [4.78, 5) is 15.8. The van der Waals surface area contributed by atoms with Crippen LogP contribution in [0.5, 0.6) is 0 Å². The SMILES string of the molecule is C[Si](C)(C)OC(=O)/C=C/c1cn([Si](C)(C)C)cn1. The summed E-state index contributed by atoms with van der Waals surface area (Å²) >= 11 is 0. The second-order valence-corrected chi connectivity index (χ2v) is 15.5. The minimum atomic E-state index is -1.80. The third-order valence-electron chi connectivity index (χ3n) is 2.17. The zero-order chi connectivity index (χ0) is 14.0. The van der Waals surface area contributed by atoms with Gasteiger partial charge in [0, 0.05) is 12.3 Å². The predicted octanol–water partition coefficient (Wildman–Crippen LogP) is 2.96. The van der Waals surface area contributed by atoms with E-state index in [4.69, 9.17) is 4.43 Å². The lowest BCUT2D eigenvalue weighted by molar-refractivity contribution is -0.129. The summed E-state index contributed by atoms with van der Waals surface area (Å²) in [5.41, 5.74) is 0.796. The second kappa shape index (κ2) is 5.23. The molecule has 0 aliphatic carbocycles. The third kappa shape index (κ3) is 5.01. The fourth-order valence-electron chi connectivity index (χ4n) is 1.28. The molecular weight excluding hydrogens is 260 g/mol. The van der Waals surface area contributed by atoms with E-state index in [1.54, 1.807) is 6.08 Å². The van der Waals surface area contributed by atoms with Crippen molar-refractivity contribution < 1.29 is 9.22 Å². The molecule has 0 unspecified atom stereocenters. The number of aromatic nitrogens is 2. The smallest absolute Gasteiger partial charge is 0.317 e. The molecule has 4 nitrogen and oxygen atoms in total. The lowest BCUT2D eigenvalue weighted by Crippen LogP contribution is -2.30. The predicted molar refractivity (Wildman–Crippen MR) is 79.4 cm³/mol. The van der Waals surface area contributed by atoms with Crippen molar-refractivity contribution in [3.8, 4) is 0 Å². The fraction of sp³-hybridized carbons (Fsp3) is 0.500. The molecule has 100 valence electrons. The zero-order valence-corrected chi connectivity index (χ0v) is 14.0. The number of nitrogens with zero attached hydrogens (tertiary/aromatic N) is 2. The first-order valence-corrected chi connectivity index (χ1v) is 12.9. The van der Waals surface area contributed by atoms with Gasteiger partial charge < -0.3 is 8.66 Å². The van der Waals surface area contributed by atoms with Gasteiger partial charge in [0.2, 0.25) is 8.32 Å². The van der Waals surface area contributed by atoms with Crippen LogP contribution >= 0.6 is 0 Å². The molecule has 0 saturated carbocycles. The molecule has 0 aliphatic rings. The standard InChI is InChI=1S/C12H22N2O2Si2/c1-17(2,3)14-9-11(13-10-14)7-8-12(15)16-18(4,5)6/h7-10H,1-6H3/b8-7+. The quantitative estimate of drug-likeness (QED) is 0.630. The fourth-order valence-corrected chi connectivity index (χ4v) is 2.88. The second-order valence-electron chi connectivity index (χ2n) is 6.24. The molecule has 1 heterocycles. The highest BCUT2D eigenvalue weighted by Crippen LogP contribution is 2.09. The van der Waals surface area contributed by atoms with Gasteiger partial charge in [0.15, 0.2) is 8.24 Å². The van der Waals surface area contributed by atoms with Crippen LogP contribution in [0.25, 0.3) is 6.08 Å². The summed E-state index contributed by atoms with van der Waals surface area (Å²) in [6.45, 7) is 12.7. The van der Waals surface area contributed by atoms with Gasteiger partial charge in [-0.3, -0.25) is 0 Å². The minimum Gasteiger partial charge on any atom is -0.517 e. The van der Waals surface area contributed by atoms with E-state index in [1.165, 1.54) is 6.08 Å². The molecule has 18 heavy (non-hydrogen) atoms. The van der Waals surface area contributed by atoms with Crippen LogP contribution in [0, 0.1) is 0 Å². The summed E-state index contributed by atoms with van der Waals surface area (Å²) in [5, 5.41) is 0. The molecule has 0 atom stereocenters. The number of hydrogen-bond donors (Lipinski definition) is 0. The van der Waals surface area contributed by atoms with Crippen molar-refractivity contribution in [1.82, 2.24) is 9.22 Å². The highest BCUT2D eigenvalue weighted by Gasteiger charge is 2.18. The van der Waals surface area contributed by atoms with Crippen LogP contribution in [0.15, 0.2) is 18.6 Å². The van der Waals surface area contributed by atoms with Gasteiger partial charge in [-0.1, -0.05) is 19.6 Å². The normalized spacial score (nSPS) is 13.0. The Balaban J connectivity index is 2.68. The first-order chi connectivity index (χ1) is 8.08. The van der Waals surface area contributed by atoms with Crippen LogP contribution in [0.4, 0.5) is 0 Å². The number of rotatable bonds is 4. The van der Waals surface area contributed by atoms with E-state index in [2.05, 4.69) is 28.9 Å². The lowest BCUT2D eigenvalue weighted by atomic mass is 10.4. The molecule has 0 aromatic carbocycles. The Morgan fingerprint density at radius 1 is 1.28 bits per heavy atom. The summed E-state index contributed by atoms with van der Waals surface area (Å²) in [6.07, 6.45) is 6.97. The Bertz CT molecular complexity index is 453. The molecule has 0 aliphatic heterocycles. The average Bonchev–Trinajstić information content (AvgIpc) is 2.59. The molecule has 0 saturated heterocycles. The van der Waals surface area contributed by atoms with Crippen molar-refractivity contribution in [2.75, 3.05) is 0 Å². The van der Waals surface area contributed by atoms with Gasteiger partial charge in [0.1, 0.15) is 0 Å². The van der Waals surface area contributed by atoms with Crippen LogP contribution in [0.1, 0.15) is 5.69 Å². The van der Waals surface area contributed by atoms with E-state index in [1.807, 2.05) is 32.2 Å². The first-order valence-electron chi connectivity index (χ1n) is 6.03. The van der Waals surface area contributed by atoms with Crippen molar-refractivity contribution in [1.29, 1.82) is 0 Å². The number of imidazole rings is 1. The maximum atomic E-state index is 11.5. The molecule has 1 rings (SSSR count). The number of carbonyl (C=O) groups is 1. The Kier molecular flexibility index (Phi) is 4.34. The van der Waals surface area contributed by atoms with Crippen LogP contribution in [-0.4, -0.2) is 31.7 Å². The summed E-state index contributed by atoms with van der Waals surface area (Å²) < 4.78 is 7.47. The molecule has 1 aromatic rings. The Morgan fingerprint density at radius 2 is 1.89 bits per heavy atom. The molecular formula is C12H22N2O2Si2. The van der Waals surface area contributed by atoms with Gasteiger partial charge >= 0.3 is 5.97 Å². The maximum absolute atomic E-state index is 11.5. The van der Waals surface area contributed by atoms with E-state index in [-0.39, 0.29) is 5.97 Å². The van der Waals surface area contributed by atoms with Gasteiger partial charge in [0.05, 0.1) is 12.0 Å². The molecule has 0 spiro atoms. The van der Waals surface area contributed by atoms with Crippen molar-refractivity contribution in [2.45, 2.75) is 39.3 Å². The Morgan fingerprint density at radius 3 is 2.33 bits per heavy atom. The summed E-state index contributed by atoms with van der Waals surface area (Å²) in [6, 6.07) is 0. The molecule has 0 N–H and O–H groups in total. The molecule has 0 radical (unpaired) electrons. The van der Waals surface area contributed by atoms with Gasteiger partial charge in [-0.25, -0.2) is 9.78 Å². The maximum Gasteiger partial charge on any atom is 0.317 e. The van der Waals surface area contributed by atoms with Crippen molar-refractivity contribution >= 4 is 28.6 Å². The van der Waals surface area contributed by atoms with E-state index >= 15 is 0 Å². The van der Waals surface area contributed by atoms with Gasteiger partial charge in [-0.05, 0) is 25.7 Å². The van der Waals surface area contributed by atoms with Gasteiger partial charge in [-0.15, -0.1) is 0 Å². The number of hydrogen-bond acceptors (Lipinski definition) is 3. The first kappa shape index (κ1) is 14.9. The van der Waals surface area contributed by atoms with Gasteiger partial charge in [0.25, 0.3) is 0 Å². The van der Waals surface area contributed by atoms with Gasteiger partial charge in [-0.2, -0.15) is 0 Å². The summed E-state index contributed by atoms with van der Waals surface area (Å²) in [7, 11) is -3.20. The van der Waals surface area contributed by atoms with Crippen molar-refractivity contribution in [3.05, 3.63) is 24.3 Å². The van der Waals surface area contributed by atoms with Crippen molar-refractivity contribution in [3.63, 3.8) is 0 Å². The summed E-state index contributed by atoms with van der Waals surface area (Å²) in [5.74, 6) is -0.281. The monoisotopic (exact) mass is 282 g/mol. The van der Waals surface area contributed by atoms with Crippen LogP contribution < -0.4 is 0 Å². The third-order valence-corrected chi connectivity index (χ3v) is 4.78. The van der Waals surface area contributed by atoms with E-state index in [0.29, 0.717) is 0 Å². The van der Waals surface area contributed by atoms with E-state index in [9.17, 15) is 4.79 Å². The molecule has 0 amide bonds. The molecule has 0 bridgehead atoms. The largest absolute Gasteiger partial charge is 0.517 e. The van der Waals surface area contributed by atoms with E-state index < -0.39 is 16.6 Å². The molecule has 0 fully saturated rings. The van der Waals surface area contributed by atoms with Crippen LogP contribution in [-0.2, 0) is 9.22 Å². The highest BCUT2D eigenvalue weighted by atomic mass is 28.4. The topological polar surface area (TPSA) is 44.1 Å². The Labute approximate surface area is 111 Å².